The fraction of sp³-hybridized carbons (Fsp3) is 0.591. The Bertz CT molecular complexity index is 892. The van der Waals surface area contributed by atoms with Crippen molar-refractivity contribution >= 4 is 35.2 Å². The molecular weight excluding hydrogens is 420 g/mol. The Hall–Kier alpha value is -2.26. The largest absolute Gasteiger partial charge is 0.497 e. The molecule has 3 aliphatic heterocycles. The van der Waals surface area contributed by atoms with Crippen molar-refractivity contribution in [2.75, 3.05) is 32.2 Å². The molecule has 8 nitrogen and oxygen atoms in total. The van der Waals surface area contributed by atoms with Crippen LogP contribution in [0, 0.1) is 11.8 Å². The Morgan fingerprint density at radius 2 is 2.00 bits per heavy atom. The van der Waals surface area contributed by atoms with Crippen LogP contribution in [0.25, 0.3) is 0 Å². The number of nitrogens with zero attached hydrogens (tertiary/aromatic N) is 1. The lowest BCUT2D eigenvalue weighted by Gasteiger charge is -2.34. The van der Waals surface area contributed by atoms with Crippen LogP contribution in [-0.4, -0.2) is 70.2 Å². The highest BCUT2D eigenvalue weighted by molar-refractivity contribution is 8.02. The number of methoxy groups -OCH3 is 1. The summed E-state index contributed by atoms with van der Waals surface area (Å²) in [6.07, 6.45) is 1.38. The van der Waals surface area contributed by atoms with E-state index in [0.29, 0.717) is 17.9 Å². The molecule has 2 amide bonds. The van der Waals surface area contributed by atoms with E-state index in [9.17, 15) is 19.5 Å². The summed E-state index contributed by atoms with van der Waals surface area (Å²) in [6.45, 7) is 3.77. The van der Waals surface area contributed by atoms with Crippen LogP contribution in [0.5, 0.6) is 5.75 Å². The molecule has 9 heteroatoms. The van der Waals surface area contributed by atoms with Crippen LogP contribution in [0.15, 0.2) is 24.3 Å². The second kappa shape index (κ2) is 8.02. The van der Waals surface area contributed by atoms with Crippen LogP contribution in [0.3, 0.4) is 0 Å². The van der Waals surface area contributed by atoms with Gasteiger partial charge in [-0.05, 0) is 51.0 Å². The number of amides is 2. The molecule has 3 saturated heterocycles. The van der Waals surface area contributed by atoms with E-state index in [-0.39, 0.29) is 37.5 Å². The maximum atomic E-state index is 13.5. The second-order valence-corrected chi connectivity index (χ2v) is 10.3. The van der Waals surface area contributed by atoms with Gasteiger partial charge in [-0.2, -0.15) is 0 Å². The highest BCUT2D eigenvalue weighted by Gasteiger charge is 2.77. The quantitative estimate of drug-likeness (QED) is 0.612. The molecule has 1 spiro atoms. The number of esters is 1. The molecule has 3 fully saturated rings. The van der Waals surface area contributed by atoms with Gasteiger partial charge in [0.2, 0.25) is 11.8 Å². The van der Waals surface area contributed by atoms with Crippen LogP contribution in [-0.2, 0) is 19.1 Å². The van der Waals surface area contributed by atoms with Crippen molar-refractivity contribution in [1.82, 2.24) is 4.90 Å². The number of rotatable bonds is 7. The molecule has 2 bridgehead atoms. The third-order valence-electron chi connectivity index (χ3n) is 6.76. The number of hydrogen-bond donors (Lipinski definition) is 2. The summed E-state index contributed by atoms with van der Waals surface area (Å²) in [5, 5.41) is 12.5. The molecule has 1 aromatic rings. The number of nitrogens with one attached hydrogen (secondary N) is 1. The van der Waals surface area contributed by atoms with Gasteiger partial charge in [0.1, 0.15) is 11.8 Å². The summed E-state index contributed by atoms with van der Waals surface area (Å²) in [5.41, 5.74) is 0.591. The first kappa shape index (κ1) is 22.0. The van der Waals surface area contributed by atoms with Crippen molar-refractivity contribution in [2.45, 2.75) is 42.2 Å². The van der Waals surface area contributed by atoms with Gasteiger partial charge in [-0.1, -0.05) is 0 Å². The Labute approximate surface area is 185 Å². The van der Waals surface area contributed by atoms with Crippen molar-refractivity contribution in [3.63, 3.8) is 0 Å². The Morgan fingerprint density at radius 3 is 2.61 bits per heavy atom. The zero-order valence-corrected chi connectivity index (χ0v) is 18.7. The summed E-state index contributed by atoms with van der Waals surface area (Å²) in [4.78, 5) is 41.3. The topological polar surface area (TPSA) is 105 Å². The van der Waals surface area contributed by atoms with Crippen LogP contribution in [0.1, 0.15) is 26.7 Å². The molecule has 31 heavy (non-hydrogen) atoms. The lowest BCUT2D eigenvalue weighted by Crippen LogP contribution is -2.52. The summed E-state index contributed by atoms with van der Waals surface area (Å²) in [6, 6.07) is 6.19. The van der Waals surface area contributed by atoms with Crippen molar-refractivity contribution < 1.29 is 29.0 Å². The summed E-state index contributed by atoms with van der Waals surface area (Å²) in [5.74, 6) is -1.50. The van der Waals surface area contributed by atoms with Gasteiger partial charge in [0.05, 0.1) is 36.9 Å². The number of aliphatic hydroxyl groups excluding tert-OH is 1. The van der Waals surface area contributed by atoms with Gasteiger partial charge in [-0.15, -0.1) is 11.8 Å². The van der Waals surface area contributed by atoms with Gasteiger partial charge < -0.3 is 24.8 Å². The van der Waals surface area contributed by atoms with E-state index in [0.717, 1.165) is 6.42 Å². The number of thioether (sulfide) groups is 1. The summed E-state index contributed by atoms with van der Waals surface area (Å²) < 4.78 is 9.32. The first-order valence-corrected chi connectivity index (χ1v) is 11.4. The molecule has 168 valence electrons. The molecule has 2 N–H and O–H groups in total. The lowest BCUT2D eigenvalue weighted by molar-refractivity contribution is -0.155. The normalized spacial score (nSPS) is 33.4. The van der Waals surface area contributed by atoms with Crippen LogP contribution < -0.4 is 10.1 Å². The predicted molar refractivity (Wildman–Crippen MR) is 116 cm³/mol. The van der Waals surface area contributed by atoms with Crippen molar-refractivity contribution in [2.24, 2.45) is 11.8 Å². The minimum Gasteiger partial charge on any atom is -0.497 e. The molecule has 2 unspecified atom stereocenters. The first-order chi connectivity index (χ1) is 14.8. The highest BCUT2D eigenvalue weighted by Crippen LogP contribution is 2.71. The maximum Gasteiger partial charge on any atom is 0.311 e. The first-order valence-electron chi connectivity index (χ1n) is 10.5. The van der Waals surface area contributed by atoms with Crippen molar-refractivity contribution in [3.8, 4) is 5.75 Å². The van der Waals surface area contributed by atoms with Gasteiger partial charge in [0.25, 0.3) is 0 Å². The highest BCUT2D eigenvalue weighted by atomic mass is 32.2. The second-order valence-electron chi connectivity index (χ2n) is 8.45. The number of hydrogen-bond acceptors (Lipinski definition) is 7. The molecule has 4 rings (SSSR count). The third kappa shape index (κ3) is 3.29. The molecule has 0 saturated carbocycles. The van der Waals surface area contributed by atoms with E-state index in [4.69, 9.17) is 9.47 Å². The number of aliphatic hydroxyl groups is 1. The monoisotopic (exact) mass is 448 g/mol. The fourth-order valence-electron chi connectivity index (χ4n) is 5.55. The molecule has 3 heterocycles. The van der Waals surface area contributed by atoms with E-state index in [1.807, 2.05) is 6.92 Å². The number of carbonyl (C=O) groups excluding carboxylic acids is 3. The summed E-state index contributed by atoms with van der Waals surface area (Å²) >= 11 is 1.57. The van der Waals surface area contributed by atoms with Gasteiger partial charge in [0.15, 0.2) is 0 Å². The number of fused-ring (bicyclic) bond motifs is 1. The van der Waals surface area contributed by atoms with E-state index < -0.39 is 27.4 Å². The average molecular weight is 449 g/mol. The van der Waals surface area contributed by atoms with Gasteiger partial charge in [0, 0.05) is 17.0 Å². The lowest BCUT2D eigenvalue weighted by atomic mass is 9.66. The van der Waals surface area contributed by atoms with Crippen LogP contribution in [0.4, 0.5) is 5.69 Å². The van der Waals surface area contributed by atoms with Gasteiger partial charge in [-0.25, -0.2) is 0 Å². The van der Waals surface area contributed by atoms with E-state index in [1.54, 1.807) is 50.1 Å². The minimum absolute atomic E-state index is 0.0462. The zero-order valence-electron chi connectivity index (χ0n) is 17.9. The smallest absolute Gasteiger partial charge is 0.311 e. The minimum atomic E-state index is -0.773. The summed E-state index contributed by atoms with van der Waals surface area (Å²) in [7, 11) is 1.57. The molecule has 5 atom stereocenters. The van der Waals surface area contributed by atoms with Gasteiger partial charge >= 0.3 is 5.97 Å². The van der Waals surface area contributed by atoms with E-state index >= 15 is 0 Å². The Morgan fingerprint density at radius 1 is 1.29 bits per heavy atom. The SMILES string of the molecule is CCOC(=O)[C@@H]1[C@H]2C(=O)N(CCO)C(C(=O)Nc3ccc(OC)cc3)C23CC[C@@]1(C)S3. The standard InChI is InChI=1S/C22H28N2O6S/c1-4-30-20(28)16-15-19(27)24(11-12-25)17(22(15)10-9-21(16,2)31-22)18(26)23-13-5-7-14(29-3)8-6-13/h5-8,15-17,25H,4,9-12H2,1-3H3,(H,23,26)/t15-,16-,17?,21+,22?/m0/s1. The predicted octanol–water partition coefficient (Wildman–Crippen LogP) is 1.67. The Balaban J connectivity index is 1.68. The molecule has 3 aliphatic rings. The molecule has 0 aliphatic carbocycles. The van der Waals surface area contributed by atoms with E-state index in [2.05, 4.69) is 5.32 Å². The van der Waals surface area contributed by atoms with Crippen LogP contribution >= 0.6 is 11.8 Å². The number of ether oxygens (including phenoxy) is 2. The number of benzene rings is 1. The average Bonchev–Trinajstić information content (AvgIpc) is 3.30. The van der Waals surface area contributed by atoms with Crippen LogP contribution in [0.2, 0.25) is 0 Å². The fourth-order valence-corrected chi connectivity index (χ4v) is 7.89. The number of anilines is 1. The van der Waals surface area contributed by atoms with Crippen molar-refractivity contribution in [1.29, 1.82) is 0 Å². The van der Waals surface area contributed by atoms with Gasteiger partial charge in [-0.3, -0.25) is 14.4 Å². The maximum absolute atomic E-state index is 13.5. The molecular formula is C22H28N2O6S. The number of likely N-dealkylation sites (tertiary alicyclic amines) is 1. The molecule has 1 aromatic carbocycles. The Kier molecular flexibility index (Phi) is 5.68. The molecule has 0 radical (unpaired) electrons. The zero-order chi connectivity index (χ0) is 22.4. The molecule has 0 aromatic heterocycles. The third-order valence-corrected chi connectivity index (χ3v) is 8.75. The van der Waals surface area contributed by atoms with E-state index in [1.165, 1.54) is 4.90 Å². The van der Waals surface area contributed by atoms with Crippen molar-refractivity contribution in [3.05, 3.63) is 24.3 Å². The number of β-amino-alcohol motifs (C(OH)–C–C–N with tert-alkyl or cyclic N) is 1. The number of carbonyl (C=O) groups is 3.